The molecular weight excluding hydrogens is 292 g/mol. The molecule has 0 bridgehead atoms. The van der Waals surface area contributed by atoms with Gasteiger partial charge in [-0.3, -0.25) is 14.7 Å². The summed E-state index contributed by atoms with van der Waals surface area (Å²) in [6.45, 7) is 2.62. The summed E-state index contributed by atoms with van der Waals surface area (Å²) in [5.74, 6) is 0.513. The first kappa shape index (κ1) is 15.4. The highest BCUT2D eigenvalue weighted by Gasteiger charge is 2.24. The van der Waals surface area contributed by atoms with Gasteiger partial charge in [0.1, 0.15) is 5.69 Å². The van der Waals surface area contributed by atoms with Gasteiger partial charge in [0.15, 0.2) is 0 Å². The molecular formula is C17H20N4O2. The molecule has 3 heterocycles. The molecule has 0 spiro atoms. The summed E-state index contributed by atoms with van der Waals surface area (Å²) in [7, 11) is 1.61. The Labute approximate surface area is 135 Å². The maximum atomic E-state index is 12.1. The number of rotatable bonds is 5. The quantitative estimate of drug-likeness (QED) is 0.906. The van der Waals surface area contributed by atoms with Crippen LogP contribution in [-0.2, 0) is 6.54 Å². The molecule has 3 rings (SSSR count). The fourth-order valence-corrected chi connectivity index (χ4v) is 2.73. The van der Waals surface area contributed by atoms with Crippen molar-refractivity contribution in [1.29, 1.82) is 0 Å². The molecule has 0 aliphatic carbocycles. The number of pyridine rings is 2. The maximum Gasteiger partial charge on any atom is 0.270 e. The van der Waals surface area contributed by atoms with Crippen LogP contribution in [0.15, 0.2) is 42.7 Å². The van der Waals surface area contributed by atoms with Crippen molar-refractivity contribution < 1.29 is 9.53 Å². The Balaban J connectivity index is 1.51. The summed E-state index contributed by atoms with van der Waals surface area (Å²) in [6, 6.07) is 9.40. The second kappa shape index (κ2) is 7.19. The average Bonchev–Trinajstić information content (AvgIpc) is 3.03. The lowest BCUT2D eigenvalue weighted by Crippen LogP contribution is -2.37. The number of ether oxygens (including phenoxy) is 1. The highest BCUT2D eigenvalue weighted by atomic mass is 16.5. The molecule has 0 unspecified atom stereocenters. The number of carbonyl (C=O) groups excluding carboxylic acids is 1. The van der Waals surface area contributed by atoms with Gasteiger partial charge in [-0.15, -0.1) is 0 Å². The van der Waals surface area contributed by atoms with Gasteiger partial charge in [-0.1, -0.05) is 12.1 Å². The molecule has 0 radical (unpaired) electrons. The van der Waals surface area contributed by atoms with Gasteiger partial charge in [0.05, 0.1) is 7.11 Å². The first-order chi connectivity index (χ1) is 11.2. The number of carbonyl (C=O) groups is 1. The van der Waals surface area contributed by atoms with Crippen molar-refractivity contribution in [2.75, 3.05) is 20.2 Å². The van der Waals surface area contributed by atoms with Gasteiger partial charge in [-0.25, -0.2) is 4.98 Å². The van der Waals surface area contributed by atoms with Crippen LogP contribution in [0.1, 0.15) is 22.5 Å². The van der Waals surface area contributed by atoms with Crippen LogP contribution in [0.2, 0.25) is 0 Å². The van der Waals surface area contributed by atoms with Crippen LogP contribution in [0.5, 0.6) is 5.88 Å². The van der Waals surface area contributed by atoms with Crippen LogP contribution >= 0.6 is 0 Å². The first-order valence-electron chi connectivity index (χ1n) is 7.68. The van der Waals surface area contributed by atoms with Gasteiger partial charge in [-0.05, 0) is 24.1 Å². The van der Waals surface area contributed by atoms with Crippen LogP contribution in [0.25, 0.3) is 0 Å². The molecule has 1 aliphatic heterocycles. The van der Waals surface area contributed by atoms with Gasteiger partial charge in [0.2, 0.25) is 5.88 Å². The van der Waals surface area contributed by atoms with E-state index in [1.54, 1.807) is 25.4 Å². The highest BCUT2D eigenvalue weighted by Crippen LogP contribution is 2.15. The third-order valence-electron chi connectivity index (χ3n) is 3.92. The summed E-state index contributed by atoms with van der Waals surface area (Å²) in [5.41, 5.74) is 1.60. The largest absolute Gasteiger partial charge is 0.481 e. The van der Waals surface area contributed by atoms with E-state index in [9.17, 15) is 4.79 Å². The van der Waals surface area contributed by atoms with E-state index in [0.717, 1.165) is 31.6 Å². The molecule has 6 heteroatoms. The van der Waals surface area contributed by atoms with Gasteiger partial charge in [-0.2, -0.15) is 0 Å². The molecule has 1 saturated heterocycles. The van der Waals surface area contributed by atoms with Gasteiger partial charge >= 0.3 is 0 Å². The van der Waals surface area contributed by atoms with Crippen molar-refractivity contribution in [3.05, 3.63) is 54.0 Å². The fourth-order valence-electron chi connectivity index (χ4n) is 2.73. The van der Waals surface area contributed by atoms with E-state index >= 15 is 0 Å². The van der Waals surface area contributed by atoms with E-state index in [1.165, 1.54) is 0 Å². The van der Waals surface area contributed by atoms with Crippen molar-refractivity contribution in [3.8, 4) is 5.88 Å². The lowest BCUT2D eigenvalue weighted by molar-refractivity contribution is 0.0932. The number of nitrogens with zero attached hydrogens (tertiary/aromatic N) is 3. The molecule has 1 atom stereocenters. The standard InChI is InChI=1S/C17H20N4O2/c1-23-16-6-5-13(10-19-16)11-21-9-7-14(12-21)20-17(22)15-4-2-3-8-18-15/h2-6,8,10,14H,7,9,11-12H2,1H3,(H,20,22)/t14-/m1/s1. The van der Waals surface area contributed by atoms with E-state index < -0.39 is 0 Å². The van der Waals surface area contributed by atoms with Gasteiger partial charge in [0, 0.05) is 44.1 Å². The molecule has 2 aromatic heterocycles. The Hall–Kier alpha value is -2.47. The Morgan fingerprint density at radius 1 is 1.35 bits per heavy atom. The molecule has 1 amide bonds. The monoisotopic (exact) mass is 312 g/mol. The number of nitrogens with one attached hydrogen (secondary N) is 1. The zero-order chi connectivity index (χ0) is 16.1. The second-order valence-electron chi connectivity index (χ2n) is 5.62. The topological polar surface area (TPSA) is 67.3 Å². The predicted octanol–water partition coefficient (Wildman–Crippen LogP) is 1.49. The summed E-state index contributed by atoms with van der Waals surface area (Å²) < 4.78 is 5.06. The zero-order valence-corrected chi connectivity index (χ0v) is 13.1. The van der Waals surface area contributed by atoms with Crippen molar-refractivity contribution in [3.63, 3.8) is 0 Å². The Morgan fingerprint density at radius 2 is 2.26 bits per heavy atom. The summed E-state index contributed by atoms with van der Waals surface area (Å²) >= 11 is 0. The minimum Gasteiger partial charge on any atom is -0.481 e. The Kier molecular flexibility index (Phi) is 4.83. The highest BCUT2D eigenvalue weighted by molar-refractivity contribution is 5.92. The molecule has 1 fully saturated rings. The molecule has 2 aromatic rings. The maximum absolute atomic E-state index is 12.1. The number of aromatic nitrogens is 2. The van der Waals surface area contributed by atoms with Crippen molar-refractivity contribution >= 4 is 5.91 Å². The average molecular weight is 312 g/mol. The number of methoxy groups -OCH3 is 1. The number of hydrogen-bond acceptors (Lipinski definition) is 5. The summed E-state index contributed by atoms with van der Waals surface area (Å²) in [4.78, 5) is 22.7. The van der Waals surface area contributed by atoms with E-state index in [-0.39, 0.29) is 11.9 Å². The Bertz CT molecular complexity index is 645. The van der Waals surface area contributed by atoms with Crippen molar-refractivity contribution in [2.24, 2.45) is 0 Å². The van der Waals surface area contributed by atoms with E-state index in [1.807, 2.05) is 24.4 Å². The zero-order valence-electron chi connectivity index (χ0n) is 13.1. The number of likely N-dealkylation sites (tertiary alicyclic amines) is 1. The predicted molar refractivity (Wildman–Crippen MR) is 86.2 cm³/mol. The molecule has 23 heavy (non-hydrogen) atoms. The van der Waals surface area contributed by atoms with Crippen LogP contribution in [0, 0.1) is 0 Å². The summed E-state index contributed by atoms with van der Waals surface area (Å²) in [5, 5.41) is 3.05. The molecule has 6 nitrogen and oxygen atoms in total. The van der Waals surface area contributed by atoms with E-state index in [2.05, 4.69) is 20.2 Å². The normalized spacial score (nSPS) is 17.9. The van der Waals surface area contributed by atoms with Crippen LogP contribution in [-0.4, -0.2) is 47.0 Å². The van der Waals surface area contributed by atoms with Crippen molar-refractivity contribution in [1.82, 2.24) is 20.2 Å². The molecule has 120 valence electrons. The minimum atomic E-state index is -0.108. The lowest BCUT2D eigenvalue weighted by atomic mass is 10.2. The number of amides is 1. The first-order valence-corrected chi connectivity index (χ1v) is 7.68. The third kappa shape index (κ3) is 4.04. The van der Waals surface area contributed by atoms with Crippen molar-refractivity contribution in [2.45, 2.75) is 19.0 Å². The third-order valence-corrected chi connectivity index (χ3v) is 3.92. The minimum absolute atomic E-state index is 0.108. The molecule has 1 aliphatic rings. The van der Waals surface area contributed by atoms with Gasteiger partial charge < -0.3 is 10.1 Å². The number of hydrogen-bond donors (Lipinski definition) is 1. The fraction of sp³-hybridized carbons (Fsp3) is 0.353. The smallest absolute Gasteiger partial charge is 0.270 e. The molecule has 0 aromatic carbocycles. The molecule has 1 N–H and O–H groups in total. The second-order valence-corrected chi connectivity index (χ2v) is 5.62. The van der Waals surface area contributed by atoms with Crippen LogP contribution in [0.4, 0.5) is 0 Å². The Morgan fingerprint density at radius 3 is 2.96 bits per heavy atom. The van der Waals surface area contributed by atoms with E-state index in [0.29, 0.717) is 11.6 Å². The van der Waals surface area contributed by atoms with Crippen LogP contribution < -0.4 is 10.1 Å². The van der Waals surface area contributed by atoms with E-state index in [4.69, 9.17) is 4.74 Å². The van der Waals surface area contributed by atoms with Gasteiger partial charge in [0.25, 0.3) is 5.91 Å². The lowest BCUT2D eigenvalue weighted by Gasteiger charge is -2.16. The summed E-state index contributed by atoms with van der Waals surface area (Å²) in [6.07, 6.45) is 4.41. The SMILES string of the molecule is COc1ccc(CN2CC[C@@H](NC(=O)c3ccccn3)C2)cn1. The molecule has 0 saturated carbocycles. The van der Waals surface area contributed by atoms with Crippen LogP contribution in [0.3, 0.4) is 0 Å².